The van der Waals surface area contributed by atoms with E-state index in [-0.39, 0.29) is 11.3 Å². The van der Waals surface area contributed by atoms with Crippen molar-refractivity contribution in [1.82, 2.24) is 4.98 Å². The summed E-state index contributed by atoms with van der Waals surface area (Å²) >= 11 is 0. The van der Waals surface area contributed by atoms with Gasteiger partial charge in [0.25, 0.3) is 0 Å². The van der Waals surface area contributed by atoms with Gasteiger partial charge in [0, 0.05) is 18.0 Å². The van der Waals surface area contributed by atoms with E-state index in [2.05, 4.69) is 9.72 Å². The van der Waals surface area contributed by atoms with Gasteiger partial charge >= 0.3 is 6.36 Å². The number of ether oxygens (including phenoxy) is 1. The van der Waals surface area contributed by atoms with Crippen LogP contribution < -0.4 is 10.5 Å². The number of hydrogen-bond donors (Lipinski definition) is 1. The molecule has 0 amide bonds. The number of hydrogen-bond acceptors (Lipinski definition) is 3. The number of rotatable bonds is 3. The van der Waals surface area contributed by atoms with E-state index in [4.69, 9.17) is 5.73 Å². The Morgan fingerprint density at radius 2 is 1.68 bits per heavy atom. The SMILES string of the molecule is NC(c1ccncc1)c1ccccc1OC(F)(F)F. The summed E-state index contributed by atoms with van der Waals surface area (Å²) in [6, 6.07) is 8.41. The minimum atomic E-state index is -4.74. The lowest BCUT2D eigenvalue weighted by atomic mass is 10.00. The normalized spacial score (nSPS) is 13.1. The number of alkyl halides is 3. The largest absolute Gasteiger partial charge is 0.573 e. The summed E-state index contributed by atoms with van der Waals surface area (Å²) in [6.07, 6.45) is -1.68. The van der Waals surface area contributed by atoms with Gasteiger partial charge in [-0.3, -0.25) is 4.98 Å². The van der Waals surface area contributed by atoms with Crippen molar-refractivity contribution >= 4 is 0 Å². The fourth-order valence-corrected chi connectivity index (χ4v) is 1.71. The molecule has 1 aromatic carbocycles. The predicted octanol–water partition coefficient (Wildman–Crippen LogP) is 3.03. The first-order chi connectivity index (χ1) is 8.97. The highest BCUT2D eigenvalue weighted by atomic mass is 19.4. The predicted molar refractivity (Wildman–Crippen MR) is 63.4 cm³/mol. The van der Waals surface area contributed by atoms with Crippen molar-refractivity contribution < 1.29 is 17.9 Å². The lowest BCUT2D eigenvalue weighted by Crippen LogP contribution is -2.20. The molecule has 1 heterocycles. The van der Waals surface area contributed by atoms with Gasteiger partial charge in [-0.25, -0.2) is 0 Å². The fraction of sp³-hybridized carbons (Fsp3) is 0.154. The van der Waals surface area contributed by atoms with E-state index in [9.17, 15) is 13.2 Å². The fourth-order valence-electron chi connectivity index (χ4n) is 1.71. The van der Waals surface area contributed by atoms with Crippen molar-refractivity contribution in [3.05, 3.63) is 59.9 Å². The molecule has 19 heavy (non-hydrogen) atoms. The zero-order valence-electron chi connectivity index (χ0n) is 9.76. The minimum absolute atomic E-state index is 0.269. The second-order valence-corrected chi connectivity index (χ2v) is 3.84. The van der Waals surface area contributed by atoms with E-state index < -0.39 is 12.4 Å². The molecule has 0 aliphatic carbocycles. The van der Waals surface area contributed by atoms with E-state index in [0.717, 1.165) is 0 Å². The van der Waals surface area contributed by atoms with E-state index in [1.165, 1.54) is 30.6 Å². The van der Waals surface area contributed by atoms with Gasteiger partial charge < -0.3 is 10.5 Å². The molecule has 100 valence electrons. The number of halogens is 3. The summed E-state index contributed by atoms with van der Waals surface area (Å²) in [5, 5.41) is 0. The van der Waals surface area contributed by atoms with Gasteiger partial charge in [-0.05, 0) is 23.8 Å². The number of para-hydroxylation sites is 1. The average Bonchev–Trinajstić information content (AvgIpc) is 2.38. The molecule has 0 radical (unpaired) electrons. The van der Waals surface area contributed by atoms with Crippen molar-refractivity contribution in [3.63, 3.8) is 0 Å². The maximum atomic E-state index is 12.3. The highest BCUT2D eigenvalue weighted by Crippen LogP contribution is 2.31. The molecule has 0 bridgehead atoms. The van der Waals surface area contributed by atoms with Crippen molar-refractivity contribution in [2.45, 2.75) is 12.4 Å². The third kappa shape index (κ3) is 3.45. The third-order valence-electron chi connectivity index (χ3n) is 2.54. The highest BCUT2D eigenvalue weighted by molar-refractivity contribution is 5.40. The Balaban J connectivity index is 2.35. The Labute approximate surface area is 107 Å². The second kappa shape index (κ2) is 5.27. The Hall–Kier alpha value is -2.08. The molecule has 1 aromatic heterocycles. The summed E-state index contributed by atoms with van der Waals surface area (Å²) in [6.45, 7) is 0. The van der Waals surface area contributed by atoms with Crippen LogP contribution in [0.15, 0.2) is 48.8 Å². The quantitative estimate of drug-likeness (QED) is 0.930. The Bertz CT molecular complexity index is 543. The van der Waals surface area contributed by atoms with Crippen LogP contribution in [0.4, 0.5) is 13.2 Å². The monoisotopic (exact) mass is 268 g/mol. The molecule has 0 spiro atoms. The van der Waals surface area contributed by atoms with E-state index in [1.807, 2.05) is 0 Å². The van der Waals surface area contributed by atoms with Gasteiger partial charge in [0.1, 0.15) is 5.75 Å². The maximum Gasteiger partial charge on any atom is 0.573 e. The highest BCUT2D eigenvalue weighted by Gasteiger charge is 2.32. The lowest BCUT2D eigenvalue weighted by molar-refractivity contribution is -0.274. The van der Waals surface area contributed by atoms with Crippen molar-refractivity contribution in [3.8, 4) is 5.75 Å². The van der Waals surface area contributed by atoms with Gasteiger partial charge in [0.15, 0.2) is 0 Å². The number of nitrogens with two attached hydrogens (primary N) is 1. The van der Waals surface area contributed by atoms with Crippen LogP contribution in [0.3, 0.4) is 0 Å². The Kier molecular flexibility index (Phi) is 3.71. The molecule has 0 fully saturated rings. The van der Waals surface area contributed by atoms with Gasteiger partial charge in [-0.2, -0.15) is 0 Å². The van der Waals surface area contributed by atoms with Crippen molar-refractivity contribution in [2.75, 3.05) is 0 Å². The van der Waals surface area contributed by atoms with Gasteiger partial charge in [0.05, 0.1) is 6.04 Å². The molecule has 6 heteroatoms. The van der Waals surface area contributed by atoms with Gasteiger partial charge in [-0.15, -0.1) is 13.2 Å². The van der Waals surface area contributed by atoms with Crippen molar-refractivity contribution in [1.29, 1.82) is 0 Å². The Morgan fingerprint density at radius 1 is 1.05 bits per heavy atom. The number of benzene rings is 1. The number of pyridine rings is 1. The summed E-state index contributed by atoms with van der Waals surface area (Å²) in [5.74, 6) is -0.292. The van der Waals surface area contributed by atoms with Crippen LogP contribution in [0.5, 0.6) is 5.75 Å². The molecular weight excluding hydrogens is 257 g/mol. The molecule has 0 aliphatic heterocycles. The van der Waals surface area contributed by atoms with E-state index >= 15 is 0 Å². The van der Waals surface area contributed by atoms with Crippen LogP contribution in [-0.4, -0.2) is 11.3 Å². The standard InChI is InChI=1S/C13H11F3N2O/c14-13(15,16)19-11-4-2-1-3-10(11)12(17)9-5-7-18-8-6-9/h1-8,12H,17H2. The topological polar surface area (TPSA) is 48.1 Å². The summed E-state index contributed by atoms with van der Waals surface area (Å²) < 4.78 is 40.9. The number of aromatic nitrogens is 1. The summed E-state index contributed by atoms with van der Waals surface area (Å²) in [4.78, 5) is 3.84. The lowest BCUT2D eigenvalue weighted by Gasteiger charge is -2.18. The third-order valence-corrected chi connectivity index (χ3v) is 2.54. The zero-order valence-corrected chi connectivity index (χ0v) is 9.76. The van der Waals surface area contributed by atoms with Crippen LogP contribution in [-0.2, 0) is 0 Å². The van der Waals surface area contributed by atoms with Crippen LogP contribution in [0, 0.1) is 0 Å². The minimum Gasteiger partial charge on any atom is -0.405 e. The second-order valence-electron chi connectivity index (χ2n) is 3.84. The molecule has 2 aromatic rings. The smallest absolute Gasteiger partial charge is 0.405 e. The molecule has 0 saturated carbocycles. The number of nitrogens with zero attached hydrogens (tertiary/aromatic N) is 1. The molecule has 2 N–H and O–H groups in total. The molecular formula is C13H11F3N2O. The van der Waals surface area contributed by atoms with E-state index in [0.29, 0.717) is 5.56 Å². The molecule has 1 atom stereocenters. The zero-order chi connectivity index (χ0) is 13.9. The molecule has 0 aliphatic rings. The average molecular weight is 268 g/mol. The van der Waals surface area contributed by atoms with Crippen LogP contribution in [0.1, 0.15) is 17.2 Å². The molecule has 3 nitrogen and oxygen atoms in total. The molecule has 0 saturated heterocycles. The van der Waals surface area contributed by atoms with Crippen LogP contribution in [0.2, 0.25) is 0 Å². The van der Waals surface area contributed by atoms with Gasteiger partial charge in [0.2, 0.25) is 0 Å². The summed E-state index contributed by atoms with van der Waals surface area (Å²) in [7, 11) is 0. The van der Waals surface area contributed by atoms with E-state index in [1.54, 1.807) is 18.2 Å². The first-order valence-electron chi connectivity index (χ1n) is 5.47. The Morgan fingerprint density at radius 3 is 2.32 bits per heavy atom. The van der Waals surface area contributed by atoms with Crippen LogP contribution in [0.25, 0.3) is 0 Å². The summed E-state index contributed by atoms with van der Waals surface area (Å²) in [5.41, 5.74) is 6.89. The first kappa shape index (κ1) is 13.4. The van der Waals surface area contributed by atoms with Crippen molar-refractivity contribution in [2.24, 2.45) is 5.73 Å². The first-order valence-corrected chi connectivity index (χ1v) is 5.47. The van der Waals surface area contributed by atoms with Gasteiger partial charge in [-0.1, -0.05) is 18.2 Å². The maximum absolute atomic E-state index is 12.3. The van der Waals surface area contributed by atoms with Crippen LogP contribution >= 0.6 is 0 Å². The molecule has 2 rings (SSSR count). The molecule has 1 unspecified atom stereocenters.